The van der Waals surface area contributed by atoms with Crippen molar-refractivity contribution in [3.05, 3.63) is 46.7 Å². The van der Waals surface area contributed by atoms with Crippen molar-refractivity contribution in [3.63, 3.8) is 0 Å². The predicted octanol–water partition coefficient (Wildman–Crippen LogP) is 2.92. The summed E-state index contributed by atoms with van der Waals surface area (Å²) in [5.74, 6) is -1.32. The monoisotopic (exact) mass is 321 g/mol. The first-order valence-corrected chi connectivity index (χ1v) is 6.95. The van der Waals surface area contributed by atoms with E-state index < -0.39 is 11.5 Å². The molecule has 116 valence electrons. The lowest BCUT2D eigenvalue weighted by Crippen LogP contribution is -2.35. The molecular formula is C15H16ClN3O3. The Labute approximate surface area is 132 Å². The number of halogens is 1. The standard InChI is InChI=1S/C15H16ClN3O3/c1-9-6-10(16)4-5-12(9)13(20)18-11-7-17-19(8-11)15(2,3)14(21)22/h4-8H,1-3H3,(H,18,20)(H,21,22). The molecule has 2 N–H and O–H groups in total. The Morgan fingerprint density at radius 2 is 2.05 bits per heavy atom. The van der Waals surface area contributed by atoms with Crippen molar-refractivity contribution < 1.29 is 14.7 Å². The third kappa shape index (κ3) is 3.12. The number of hydrogen-bond acceptors (Lipinski definition) is 3. The average Bonchev–Trinajstić information content (AvgIpc) is 2.87. The number of amides is 1. The number of nitrogens with zero attached hydrogens (tertiary/aromatic N) is 2. The summed E-state index contributed by atoms with van der Waals surface area (Å²) in [5.41, 5.74) is 0.477. The summed E-state index contributed by atoms with van der Waals surface area (Å²) < 4.78 is 1.29. The molecule has 0 aliphatic heterocycles. The van der Waals surface area contributed by atoms with Gasteiger partial charge in [0.05, 0.1) is 11.9 Å². The van der Waals surface area contributed by atoms with Crippen molar-refractivity contribution in [1.29, 1.82) is 0 Å². The second-order valence-corrected chi connectivity index (χ2v) is 5.89. The van der Waals surface area contributed by atoms with Crippen molar-refractivity contribution in [2.75, 3.05) is 5.32 Å². The lowest BCUT2D eigenvalue weighted by Gasteiger charge is -2.19. The molecule has 0 fully saturated rings. The number of aliphatic carboxylic acids is 1. The number of rotatable bonds is 4. The van der Waals surface area contributed by atoms with Crippen LogP contribution in [0.5, 0.6) is 0 Å². The first-order chi connectivity index (χ1) is 10.2. The highest BCUT2D eigenvalue weighted by molar-refractivity contribution is 6.30. The van der Waals surface area contributed by atoms with Gasteiger partial charge in [-0.05, 0) is 44.5 Å². The van der Waals surface area contributed by atoms with Crippen molar-refractivity contribution in [2.24, 2.45) is 0 Å². The molecule has 7 heteroatoms. The number of anilines is 1. The molecule has 1 aromatic carbocycles. The van der Waals surface area contributed by atoms with E-state index >= 15 is 0 Å². The number of carbonyl (C=O) groups is 2. The van der Waals surface area contributed by atoms with E-state index in [4.69, 9.17) is 16.7 Å². The molecule has 0 atom stereocenters. The SMILES string of the molecule is Cc1cc(Cl)ccc1C(=O)Nc1cnn(C(C)(C)C(=O)O)c1. The maximum atomic E-state index is 12.2. The zero-order valence-electron chi connectivity index (χ0n) is 12.4. The molecule has 6 nitrogen and oxygen atoms in total. The number of hydrogen-bond donors (Lipinski definition) is 2. The molecule has 0 bridgehead atoms. The van der Waals surface area contributed by atoms with Crippen LogP contribution >= 0.6 is 11.6 Å². The zero-order chi connectivity index (χ0) is 16.5. The van der Waals surface area contributed by atoms with Gasteiger partial charge in [-0.2, -0.15) is 5.10 Å². The first-order valence-electron chi connectivity index (χ1n) is 6.58. The molecule has 22 heavy (non-hydrogen) atoms. The van der Waals surface area contributed by atoms with Gasteiger partial charge < -0.3 is 10.4 Å². The molecule has 0 radical (unpaired) electrons. The van der Waals surface area contributed by atoms with Gasteiger partial charge in [0.25, 0.3) is 5.91 Å². The zero-order valence-corrected chi connectivity index (χ0v) is 13.2. The summed E-state index contributed by atoms with van der Waals surface area (Å²) in [6, 6.07) is 4.98. The minimum Gasteiger partial charge on any atom is -0.479 e. The number of benzene rings is 1. The summed E-state index contributed by atoms with van der Waals surface area (Å²) in [6.45, 7) is 4.84. The summed E-state index contributed by atoms with van der Waals surface area (Å²) in [6.07, 6.45) is 2.89. The largest absolute Gasteiger partial charge is 0.479 e. The van der Waals surface area contributed by atoms with Crippen LogP contribution in [-0.4, -0.2) is 26.8 Å². The molecule has 1 heterocycles. The van der Waals surface area contributed by atoms with Crippen LogP contribution in [0.15, 0.2) is 30.6 Å². The lowest BCUT2D eigenvalue weighted by molar-refractivity contribution is -0.146. The van der Waals surface area contributed by atoms with Gasteiger partial charge in [-0.25, -0.2) is 4.79 Å². The van der Waals surface area contributed by atoms with Gasteiger partial charge in [0.2, 0.25) is 0 Å². The van der Waals surface area contributed by atoms with Crippen LogP contribution in [0, 0.1) is 6.92 Å². The summed E-state index contributed by atoms with van der Waals surface area (Å²) in [4.78, 5) is 23.4. The Morgan fingerprint density at radius 3 is 2.64 bits per heavy atom. The normalized spacial score (nSPS) is 11.3. The smallest absolute Gasteiger partial charge is 0.331 e. The molecular weight excluding hydrogens is 306 g/mol. The Hall–Kier alpha value is -2.34. The topological polar surface area (TPSA) is 84.2 Å². The third-order valence-electron chi connectivity index (χ3n) is 3.37. The maximum absolute atomic E-state index is 12.2. The molecule has 2 aromatic rings. The van der Waals surface area contributed by atoms with Crippen LogP contribution in [0.25, 0.3) is 0 Å². The van der Waals surface area contributed by atoms with E-state index in [1.165, 1.54) is 30.9 Å². The number of carboxylic acids is 1. The van der Waals surface area contributed by atoms with Crippen LogP contribution in [-0.2, 0) is 10.3 Å². The van der Waals surface area contributed by atoms with Crippen molar-refractivity contribution >= 4 is 29.2 Å². The van der Waals surface area contributed by atoms with Crippen molar-refractivity contribution in [1.82, 2.24) is 9.78 Å². The van der Waals surface area contributed by atoms with Gasteiger partial charge >= 0.3 is 5.97 Å². The highest BCUT2D eigenvalue weighted by Crippen LogP contribution is 2.19. The fraction of sp³-hybridized carbons (Fsp3) is 0.267. The summed E-state index contributed by atoms with van der Waals surface area (Å²) >= 11 is 5.86. The molecule has 1 amide bonds. The Morgan fingerprint density at radius 1 is 1.36 bits per heavy atom. The van der Waals surface area contributed by atoms with Crippen LogP contribution in [0.2, 0.25) is 5.02 Å². The van der Waals surface area contributed by atoms with Crippen molar-refractivity contribution in [3.8, 4) is 0 Å². The minimum absolute atomic E-state index is 0.304. The Bertz CT molecular complexity index is 737. The number of carboxylic acid groups (broad SMARTS) is 1. The molecule has 2 rings (SSSR count). The van der Waals surface area contributed by atoms with Gasteiger partial charge in [0, 0.05) is 16.8 Å². The number of carbonyl (C=O) groups excluding carboxylic acids is 1. The van der Waals surface area contributed by atoms with E-state index in [0.29, 0.717) is 16.3 Å². The fourth-order valence-electron chi connectivity index (χ4n) is 1.87. The van der Waals surface area contributed by atoms with E-state index in [1.807, 2.05) is 0 Å². The Balaban J connectivity index is 2.20. The second kappa shape index (κ2) is 5.81. The number of nitrogens with one attached hydrogen (secondary N) is 1. The first kappa shape index (κ1) is 16.0. The molecule has 0 unspecified atom stereocenters. The average molecular weight is 322 g/mol. The van der Waals surface area contributed by atoms with E-state index in [9.17, 15) is 9.59 Å². The highest BCUT2D eigenvalue weighted by Gasteiger charge is 2.30. The van der Waals surface area contributed by atoms with E-state index in [0.717, 1.165) is 5.56 Å². The van der Waals surface area contributed by atoms with Crippen LogP contribution in [0.1, 0.15) is 29.8 Å². The molecule has 0 saturated heterocycles. The van der Waals surface area contributed by atoms with Gasteiger partial charge in [-0.15, -0.1) is 0 Å². The van der Waals surface area contributed by atoms with Crippen LogP contribution in [0.3, 0.4) is 0 Å². The second-order valence-electron chi connectivity index (χ2n) is 5.45. The number of aryl methyl sites for hydroxylation is 1. The van der Waals surface area contributed by atoms with E-state index in [-0.39, 0.29) is 5.91 Å². The lowest BCUT2D eigenvalue weighted by atomic mass is 10.1. The van der Waals surface area contributed by atoms with Crippen molar-refractivity contribution in [2.45, 2.75) is 26.3 Å². The minimum atomic E-state index is -1.20. The van der Waals surface area contributed by atoms with Gasteiger partial charge in [-0.1, -0.05) is 11.6 Å². The van der Waals surface area contributed by atoms with Gasteiger partial charge in [0.1, 0.15) is 0 Å². The predicted molar refractivity (Wildman–Crippen MR) is 83.3 cm³/mol. The Kier molecular flexibility index (Phi) is 4.23. The highest BCUT2D eigenvalue weighted by atomic mass is 35.5. The molecule has 0 spiro atoms. The van der Waals surface area contributed by atoms with Gasteiger partial charge in [0.15, 0.2) is 5.54 Å². The van der Waals surface area contributed by atoms with Crippen LogP contribution < -0.4 is 5.32 Å². The molecule has 0 aliphatic rings. The van der Waals surface area contributed by atoms with Crippen LogP contribution in [0.4, 0.5) is 5.69 Å². The van der Waals surface area contributed by atoms with E-state index in [2.05, 4.69) is 10.4 Å². The third-order valence-corrected chi connectivity index (χ3v) is 3.60. The molecule has 0 saturated carbocycles. The fourth-order valence-corrected chi connectivity index (χ4v) is 2.10. The van der Waals surface area contributed by atoms with Gasteiger partial charge in [-0.3, -0.25) is 9.48 Å². The quantitative estimate of drug-likeness (QED) is 0.906. The maximum Gasteiger partial charge on any atom is 0.331 e. The summed E-state index contributed by atoms with van der Waals surface area (Å²) in [5, 5.41) is 16.4. The number of aromatic nitrogens is 2. The van der Waals surface area contributed by atoms with E-state index in [1.54, 1.807) is 25.1 Å². The molecule has 1 aromatic heterocycles. The molecule has 0 aliphatic carbocycles. The summed E-state index contributed by atoms with van der Waals surface area (Å²) in [7, 11) is 0.